The fourth-order valence-electron chi connectivity index (χ4n) is 1.48. The third-order valence-electron chi connectivity index (χ3n) is 2.34. The summed E-state index contributed by atoms with van der Waals surface area (Å²) in [4.78, 5) is 4.00. The Morgan fingerprint density at radius 2 is 2.11 bits per heavy atom. The van der Waals surface area contributed by atoms with Gasteiger partial charge < -0.3 is 0 Å². The maximum absolute atomic E-state index is 12.9. The number of hydrogen-bond acceptors (Lipinski definition) is 6. The van der Waals surface area contributed by atoms with Crippen LogP contribution in [0, 0.1) is 5.82 Å². The maximum atomic E-state index is 12.9. The smallest absolute Gasteiger partial charge is 0.183 e. The summed E-state index contributed by atoms with van der Waals surface area (Å²) < 4.78 is 14.4. The Morgan fingerprint density at radius 1 is 1.26 bits per heavy atom. The number of thioether (sulfide) groups is 1. The molecule has 9 heteroatoms. The van der Waals surface area contributed by atoms with Gasteiger partial charge in [-0.1, -0.05) is 11.8 Å². The number of H-pyrrole nitrogens is 1. The molecule has 2 aromatic heterocycles. The second-order valence-electron chi connectivity index (χ2n) is 3.56. The Labute approximate surface area is 111 Å². The predicted molar refractivity (Wildman–Crippen MR) is 65.1 cm³/mol. The quantitative estimate of drug-likeness (QED) is 0.721. The van der Waals surface area contributed by atoms with Crippen molar-refractivity contribution >= 4 is 11.8 Å². The van der Waals surface area contributed by atoms with E-state index in [9.17, 15) is 4.39 Å². The third-order valence-corrected chi connectivity index (χ3v) is 3.21. The van der Waals surface area contributed by atoms with Crippen LogP contribution in [-0.2, 0) is 5.75 Å². The van der Waals surface area contributed by atoms with Crippen molar-refractivity contribution in [3.63, 3.8) is 0 Å². The van der Waals surface area contributed by atoms with Gasteiger partial charge in [0.25, 0.3) is 0 Å². The van der Waals surface area contributed by atoms with E-state index in [1.54, 1.807) is 16.8 Å². The number of nitrogens with one attached hydrogen (secondary N) is 1. The highest BCUT2D eigenvalue weighted by atomic mass is 32.2. The number of hydrogen-bond donors (Lipinski definition) is 1. The van der Waals surface area contributed by atoms with E-state index in [4.69, 9.17) is 0 Å². The average molecular weight is 277 g/mol. The van der Waals surface area contributed by atoms with Crippen LogP contribution in [0.5, 0.6) is 0 Å². The molecule has 3 rings (SSSR count). The highest BCUT2D eigenvalue weighted by molar-refractivity contribution is 7.98. The molecule has 1 aromatic carbocycles. The summed E-state index contributed by atoms with van der Waals surface area (Å²) in [6, 6.07) is 5.97. The molecule has 0 aliphatic rings. The number of nitrogens with zero attached hydrogens (tertiary/aromatic N) is 6. The van der Waals surface area contributed by atoms with Crippen LogP contribution in [0.4, 0.5) is 4.39 Å². The van der Waals surface area contributed by atoms with E-state index in [-0.39, 0.29) is 5.82 Å². The molecule has 0 unspecified atom stereocenters. The molecule has 0 aliphatic heterocycles. The zero-order valence-corrected chi connectivity index (χ0v) is 10.4. The first-order valence-corrected chi connectivity index (χ1v) is 6.33. The molecule has 0 spiro atoms. The fraction of sp³-hybridized carbons (Fsp3) is 0.100. The Bertz CT molecular complexity index is 649. The van der Waals surface area contributed by atoms with Crippen LogP contribution in [-0.4, -0.2) is 35.4 Å². The summed E-state index contributed by atoms with van der Waals surface area (Å²) in [6.45, 7) is 0. The van der Waals surface area contributed by atoms with Crippen LogP contribution in [0.2, 0.25) is 0 Å². The average Bonchev–Trinajstić information content (AvgIpc) is 3.08. The van der Waals surface area contributed by atoms with Crippen LogP contribution in [0.3, 0.4) is 0 Å². The monoisotopic (exact) mass is 277 g/mol. The lowest BCUT2D eigenvalue weighted by Crippen LogP contribution is -2.02. The third kappa shape index (κ3) is 2.60. The summed E-state index contributed by atoms with van der Waals surface area (Å²) in [7, 11) is 0. The lowest BCUT2D eigenvalue weighted by Gasteiger charge is -2.03. The van der Waals surface area contributed by atoms with Crippen molar-refractivity contribution in [1.82, 2.24) is 35.4 Å². The standard InChI is InChI=1S/C10H8FN7S/c11-7-1-3-8(4-2-7)18-9(14-16-17-18)5-19-10-12-6-13-15-10/h1-4,6H,5H2,(H,12,13,15). The first-order chi connectivity index (χ1) is 9.33. The van der Waals surface area contributed by atoms with Gasteiger partial charge in [0, 0.05) is 0 Å². The molecular formula is C10H8FN7S. The second kappa shape index (κ2) is 5.14. The second-order valence-corrected chi connectivity index (χ2v) is 4.53. The van der Waals surface area contributed by atoms with Crippen molar-refractivity contribution in [3.8, 4) is 5.69 Å². The fourth-order valence-corrected chi connectivity index (χ4v) is 2.16. The number of aromatic amines is 1. The number of aromatic nitrogens is 7. The molecule has 1 N–H and O–H groups in total. The molecule has 0 saturated heterocycles. The zero-order valence-electron chi connectivity index (χ0n) is 9.56. The minimum absolute atomic E-state index is 0.297. The van der Waals surface area contributed by atoms with Crippen LogP contribution in [0.25, 0.3) is 5.69 Å². The number of rotatable bonds is 4. The van der Waals surface area contributed by atoms with Crippen molar-refractivity contribution in [2.75, 3.05) is 0 Å². The van der Waals surface area contributed by atoms with Gasteiger partial charge in [-0.2, -0.15) is 9.78 Å². The van der Waals surface area contributed by atoms with E-state index in [2.05, 4.69) is 30.7 Å². The van der Waals surface area contributed by atoms with Crippen molar-refractivity contribution in [1.29, 1.82) is 0 Å². The van der Waals surface area contributed by atoms with Gasteiger partial charge in [0.1, 0.15) is 12.1 Å². The minimum atomic E-state index is -0.297. The largest absolute Gasteiger partial charge is 0.254 e. The number of benzene rings is 1. The Morgan fingerprint density at radius 3 is 2.84 bits per heavy atom. The van der Waals surface area contributed by atoms with Gasteiger partial charge in [-0.05, 0) is 34.7 Å². The molecule has 0 radical (unpaired) electrons. The first-order valence-electron chi connectivity index (χ1n) is 5.34. The van der Waals surface area contributed by atoms with Crippen LogP contribution in [0.15, 0.2) is 35.7 Å². The van der Waals surface area contributed by atoms with Crippen molar-refractivity contribution < 1.29 is 4.39 Å². The summed E-state index contributed by atoms with van der Waals surface area (Å²) in [6.07, 6.45) is 1.44. The lowest BCUT2D eigenvalue weighted by molar-refractivity contribution is 0.626. The minimum Gasteiger partial charge on any atom is -0.254 e. The molecule has 0 fully saturated rings. The Balaban J connectivity index is 1.80. The maximum Gasteiger partial charge on any atom is 0.183 e. The SMILES string of the molecule is Fc1ccc(-n2nnnc2CSc2ncn[nH]2)cc1. The number of halogens is 1. The van der Waals surface area contributed by atoms with Crippen LogP contribution in [0.1, 0.15) is 5.82 Å². The molecule has 0 saturated carbocycles. The molecular weight excluding hydrogens is 269 g/mol. The van der Waals surface area contributed by atoms with Crippen molar-refractivity contribution in [2.45, 2.75) is 10.9 Å². The Kier molecular flexibility index (Phi) is 3.19. The first kappa shape index (κ1) is 11.8. The Hall–Kier alpha value is -2.29. The molecule has 0 bridgehead atoms. The molecule has 7 nitrogen and oxygen atoms in total. The summed E-state index contributed by atoms with van der Waals surface area (Å²) in [5, 5.41) is 18.6. The van der Waals surface area contributed by atoms with Gasteiger partial charge in [-0.15, -0.1) is 5.10 Å². The van der Waals surface area contributed by atoms with Crippen molar-refractivity contribution in [2.24, 2.45) is 0 Å². The van der Waals surface area contributed by atoms with Gasteiger partial charge in [-0.3, -0.25) is 5.10 Å². The van der Waals surface area contributed by atoms with Gasteiger partial charge >= 0.3 is 0 Å². The van der Waals surface area contributed by atoms with Crippen molar-refractivity contribution in [3.05, 3.63) is 42.2 Å². The molecule has 0 aliphatic carbocycles. The van der Waals surface area contributed by atoms with Gasteiger partial charge in [0.05, 0.1) is 11.4 Å². The topological polar surface area (TPSA) is 85.2 Å². The predicted octanol–water partition coefficient (Wildman–Crippen LogP) is 1.21. The molecule has 2 heterocycles. The van der Waals surface area contributed by atoms with Gasteiger partial charge in [0.15, 0.2) is 11.0 Å². The molecule has 19 heavy (non-hydrogen) atoms. The van der Waals surface area contributed by atoms with E-state index >= 15 is 0 Å². The van der Waals surface area contributed by atoms with Crippen LogP contribution < -0.4 is 0 Å². The lowest BCUT2D eigenvalue weighted by atomic mass is 10.3. The summed E-state index contributed by atoms with van der Waals surface area (Å²) in [5.41, 5.74) is 0.708. The van der Waals surface area contributed by atoms with Gasteiger partial charge in [-0.25, -0.2) is 9.37 Å². The normalized spacial score (nSPS) is 10.8. The van der Waals surface area contributed by atoms with Gasteiger partial charge in [0.2, 0.25) is 0 Å². The van der Waals surface area contributed by atoms with E-state index < -0.39 is 0 Å². The molecule has 0 amide bonds. The van der Waals surface area contributed by atoms with E-state index in [1.807, 2.05) is 0 Å². The van der Waals surface area contributed by atoms with Crippen LogP contribution >= 0.6 is 11.8 Å². The molecule has 0 atom stereocenters. The van der Waals surface area contributed by atoms with E-state index in [1.165, 1.54) is 30.2 Å². The molecule has 3 aromatic rings. The summed E-state index contributed by atoms with van der Waals surface area (Å²) in [5.74, 6) is 0.877. The molecule has 96 valence electrons. The highest BCUT2D eigenvalue weighted by Gasteiger charge is 2.09. The van der Waals surface area contributed by atoms with E-state index in [0.717, 1.165) is 0 Å². The van der Waals surface area contributed by atoms with E-state index in [0.29, 0.717) is 22.4 Å². The zero-order chi connectivity index (χ0) is 13.1. The summed E-state index contributed by atoms with van der Waals surface area (Å²) >= 11 is 1.43. The number of tetrazole rings is 1. The highest BCUT2D eigenvalue weighted by Crippen LogP contribution is 2.18.